The summed E-state index contributed by atoms with van der Waals surface area (Å²) in [6.45, 7) is 0.957. The van der Waals surface area contributed by atoms with Gasteiger partial charge in [-0.2, -0.15) is 5.10 Å². The summed E-state index contributed by atoms with van der Waals surface area (Å²) in [7, 11) is 0. The number of nitrogens with one attached hydrogen (secondary N) is 1. The molecule has 0 saturated carbocycles. The quantitative estimate of drug-likeness (QED) is 0.376. The minimum Gasteiger partial charge on any atom is -0.460 e. The summed E-state index contributed by atoms with van der Waals surface area (Å²) in [4.78, 5) is 41.8. The van der Waals surface area contributed by atoms with E-state index in [4.69, 9.17) is 16.0 Å². The van der Waals surface area contributed by atoms with E-state index < -0.39 is 0 Å². The van der Waals surface area contributed by atoms with E-state index in [0.29, 0.717) is 45.9 Å². The fourth-order valence-corrected chi connectivity index (χ4v) is 3.95. The first-order valence-electron chi connectivity index (χ1n) is 10.9. The largest absolute Gasteiger partial charge is 0.460 e. The maximum absolute atomic E-state index is 12.9. The molecular formula is C25H20ClN5O4. The van der Waals surface area contributed by atoms with E-state index in [9.17, 15) is 14.4 Å². The van der Waals surface area contributed by atoms with Crippen molar-refractivity contribution >= 4 is 39.5 Å². The number of para-hydroxylation sites is 1. The predicted molar refractivity (Wildman–Crippen MR) is 132 cm³/mol. The maximum atomic E-state index is 12.9. The second-order valence-electron chi connectivity index (χ2n) is 8.01. The molecule has 0 saturated heterocycles. The topological polar surface area (TPSA) is 112 Å². The van der Waals surface area contributed by atoms with Crippen LogP contribution < -0.4 is 16.3 Å². The van der Waals surface area contributed by atoms with Crippen molar-refractivity contribution in [1.29, 1.82) is 0 Å². The van der Waals surface area contributed by atoms with Crippen molar-refractivity contribution < 1.29 is 9.21 Å². The Labute approximate surface area is 203 Å². The van der Waals surface area contributed by atoms with Gasteiger partial charge in [-0.1, -0.05) is 35.9 Å². The summed E-state index contributed by atoms with van der Waals surface area (Å²) >= 11 is 5.92. The molecule has 0 radical (unpaired) electrons. The second kappa shape index (κ2) is 9.55. The fraction of sp³-hybridized carbons (Fsp3) is 0.160. The lowest BCUT2D eigenvalue weighted by molar-refractivity contribution is -0.120. The Hall–Kier alpha value is -4.24. The Morgan fingerprint density at radius 2 is 1.86 bits per heavy atom. The Kier molecular flexibility index (Phi) is 6.15. The number of halogens is 1. The third-order valence-corrected chi connectivity index (χ3v) is 5.81. The summed E-state index contributed by atoms with van der Waals surface area (Å²) < 4.78 is 8.74. The molecule has 10 heteroatoms. The normalized spacial score (nSPS) is 11.2. The number of carbonyl (C=O) groups excluding carboxylic acids is 1. The lowest BCUT2D eigenvalue weighted by Crippen LogP contribution is -2.29. The van der Waals surface area contributed by atoms with Crippen molar-refractivity contribution in [3.63, 3.8) is 0 Å². The van der Waals surface area contributed by atoms with Crippen molar-refractivity contribution in [3.8, 4) is 0 Å². The SMILES string of the molecule is O=C(Cc1cc(=O)c2ccccc2o1)NCCn1ncc2c(=O)n(Cc3ccc(Cl)cc3)cnc21. The van der Waals surface area contributed by atoms with Gasteiger partial charge in [0.15, 0.2) is 11.1 Å². The van der Waals surface area contributed by atoms with Gasteiger partial charge in [0.05, 0.1) is 31.1 Å². The molecular weight excluding hydrogens is 470 g/mol. The molecule has 0 unspecified atom stereocenters. The van der Waals surface area contributed by atoms with Crippen LogP contribution in [0.15, 0.2) is 81.1 Å². The van der Waals surface area contributed by atoms with Gasteiger partial charge in [-0.15, -0.1) is 0 Å². The molecule has 0 aliphatic heterocycles. The Morgan fingerprint density at radius 3 is 2.69 bits per heavy atom. The van der Waals surface area contributed by atoms with E-state index in [2.05, 4.69) is 15.4 Å². The van der Waals surface area contributed by atoms with Crippen LogP contribution in [0.2, 0.25) is 5.02 Å². The average molecular weight is 490 g/mol. The Bertz CT molecular complexity index is 1650. The Balaban J connectivity index is 1.23. The maximum Gasteiger partial charge on any atom is 0.264 e. The summed E-state index contributed by atoms with van der Waals surface area (Å²) in [5.41, 5.74) is 1.42. The smallest absolute Gasteiger partial charge is 0.264 e. The van der Waals surface area contributed by atoms with Crippen LogP contribution >= 0.6 is 11.6 Å². The van der Waals surface area contributed by atoms with Crippen LogP contribution in [0.4, 0.5) is 0 Å². The van der Waals surface area contributed by atoms with Crippen LogP contribution in [-0.2, 0) is 24.3 Å². The van der Waals surface area contributed by atoms with Gasteiger partial charge in [0.1, 0.15) is 23.1 Å². The third-order valence-electron chi connectivity index (χ3n) is 5.55. The zero-order valence-electron chi connectivity index (χ0n) is 18.5. The molecule has 0 spiro atoms. The zero-order chi connectivity index (χ0) is 24.4. The molecule has 1 amide bonds. The average Bonchev–Trinajstić information content (AvgIpc) is 3.26. The first-order valence-corrected chi connectivity index (χ1v) is 11.3. The lowest BCUT2D eigenvalue weighted by Gasteiger charge is -2.08. The minimum absolute atomic E-state index is 0.0619. The van der Waals surface area contributed by atoms with Crippen LogP contribution in [0.1, 0.15) is 11.3 Å². The van der Waals surface area contributed by atoms with E-state index in [1.165, 1.54) is 23.2 Å². The van der Waals surface area contributed by atoms with Gasteiger partial charge in [-0.25, -0.2) is 9.67 Å². The standard InChI is InChI=1S/C25H20ClN5O4/c26-17-7-5-16(6-8-17)14-30-15-28-24-20(25(30)34)13-29-31(24)10-9-27-23(33)12-18-11-21(32)19-3-1-2-4-22(19)35-18/h1-8,11,13,15H,9-10,12,14H2,(H,27,33). The molecule has 35 heavy (non-hydrogen) atoms. The van der Waals surface area contributed by atoms with Crippen molar-refractivity contribution in [3.05, 3.63) is 104 Å². The van der Waals surface area contributed by atoms with Gasteiger partial charge < -0.3 is 9.73 Å². The third kappa shape index (κ3) is 4.85. The van der Waals surface area contributed by atoms with Crippen molar-refractivity contribution in [2.24, 2.45) is 0 Å². The molecule has 3 heterocycles. The fourth-order valence-electron chi connectivity index (χ4n) is 3.82. The highest BCUT2D eigenvalue weighted by molar-refractivity contribution is 6.30. The van der Waals surface area contributed by atoms with Crippen molar-refractivity contribution in [2.75, 3.05) is 6.54 Å². The van der Waals surface area contributed by atoms with E-state index in [-0.39, 0.29) is 29.9 Å². The highest BCUT2D eigenvalue weighted by atomic mass is 35.5. The number of nitrogens with zero attached hydrogens (tertiary/aromatic N) is 4. The first-order chi connectivity index (χ1) is 17.0. The number of aromatic nitrogens is 4. The summed E-state index contributed by atoms with van der Waals surface area (Å²) in [6.07, 6.45) is 2.90. The number of fused-ring (bicyclic) bond motifs is 2. The van der Waals surface area contributed by atoms with Crippen LogP contribution in [0.5, 0.6) is 0 Å². The van der Waals surface area contributed by atoms with Gasteiger partial charge in [0.25, 0.3) is 5.56 Å². The first kappa shape index (κ1) is 22.5. The van der Waals surface area contributed by atoms with E-state index >= 15 is 0 Å². The molecule has 0 bridgehead atoms. The molecule has 176 valence electrons. The lowest BCUT2D eigenvalue weighted by atomic mass is 10.2. The van der Waals surface area contributed by atoms with Gasteiger partial charge in [-0.3, -0.25) is 19.0 Å². The number of rotatable bonds is 7. The highest BCUT2D eigenvalue weighted by Crippen LogP contribution is 2.13. The van der Waals surface area contributed by atoms with Gasteiger partial charge in [-0.05, 0) is 29.8 Å². The van der Waals surface area contributed by atoms with Gasteiger partial charge >= 0.3 is 0 Å². The van der Waals surface area contributed by atoms with Crippen molar-refractivity contribution in [2.45, 2.75) is 19.5 Å². The van der Waals surface area contributed by atoms with E-state index in [0.717, 1.165) is 5.56 Å². The molecule has 0 aliphatic rings. The number of benzene rings is 2. The van der Waals surface area contributed by atoms with E-state index in [1.54, 1.807) is 41.1 Å². The van der Waals surface area contributed by atoms with Crippen LogP contribution in [0.25, 0.3) is 22.0 Å². The molecule has 3 aromatic heterocycles. The minimum atomic E-state index is -0.293. The number of hydrogen-bond donors (Lipinski definition) is 1. The monoisotopic (exact) mass is 489 g/mol. The van der Waals surface area contributed by atoms with Gasteiger partial charge in [0, 0.05) is 17.6 Å². The Morgan fingerprint density at radius 1 is 1.06 bits per heavy atom. The predicted octanol–water partition coefficient (Wildman–Crippen LogP) is 2.76. The van der Waals surface area contributed by atoms with Crippen LogP contribution in [0.3, 0.4) is 0 Å². The zero-order valence-corrected chi connectivity index (χ0v) is 19.2. The molecule has 5 rings (SSSR count). The summed E-state index contributed by atoms with van der Waals surface area (Å²) in [5, 5.41) is 8.53. The number of amides is 1. The second-order valence-corrected chi connectivity index (χ2v) is 8.45. The molecule has 0 aliphatic carbocycles. The van der Waals surface area contributed by atoms with Crippen LogP contribution in [0, 0.1) is 0 Å². The number of hydrogen-bond acceptors (Lipinski definition) is 6. The molecule has 5 aromatic rings. The summed E-state index contributed by atoms with van der Waals surface area (Å²) in [5.74, 6) is -0.00295. The molecule has 0 atom stereocenters. The highest BCUT2D eigenvalue weighted by Gasteiger charge is 2.12. The van der Waals surface area contributed by atoms with E-state index in [1.807, 2.05) is 12.1 Å². The molecule has 9 nitrogen and oxygen atoms in total. The van der Waals surface area contributed by atoms with Crippen LogP contribution in [-0.4, -0.2) is 31.8 Å². The molecule has 1 N–H and O–H groups in total. The number of carbonyl (C=O) groups is 1. The molecule has 2 aromatic carbocycles. The summed E-state index contributed by atoms with van der Waals surface area (Å²) in [6, 6.07) is 15.5. The van der Waals surface area contributed by atoms with Crippen molar-refractivity contribution in [1.82, 2.24) is 24.6 Å². The molecule has 0 fully saturated rings. The van der Waals surface area contributed by atoms with Gasteiger partial charge in [0.2, 0.25) is 5.91 Å².